The van der Waals surface area contributed by atoms with E-state index in [4.69, 9.17) is 11.6 Å². The van der Waals surface area contributed by atoms with E-state index < -0.39 is 0 Å². The van der Waals surface area contributed by atoms with Crippen LogP contribution in [0.5, 0.6) is 0 Å². The van der Waals surface area contributed by atoms with E-state index in [1.54, 1.807) is 0 Å². The SMILES string of the molecule is C=C(c1ccc2c(c1)SCC2)C(CCl)NCC. The molecule has 3 heteroatoms. The van der Waals surface area contributed by atoms with E-state index in [1.165, 1.54) is 28.2 Å². The van der Waals surface area contributed by atoms with E-state index >= 15 is 0 Å². The first-order chi connectivity index (χ1) is 8.26. The molecule has 1 nitrogen and oxygen atoms in total. The Hall–Kier alpha value is -0.440. The molecular weight excluding hydrogens is 250 g/mol. The average molecular weight is 268 g/mol. The van der Waals surface area contributed by atoms with E-state index in [1.807, 2.05) is 11.8 Å². The molecule has 1 aliphatic rings. The molecule has 0 bridgehead atoms. The molecule has 0 saturated carbocycles. The summed E-state index contributed by atoms with van der Waals surface area (Å²) in [6.45, 7) is 7.19. The Labute approximate surface area is 113 Å². The standard InChI is InChI=1S/C14H18ClNS/c1-3-16-13(9-15)10(2)12-5-4-11-6-7-17-14(11)8-12/h4-5,8,13,16H,2-3,6-7,9H2,1H3. The van der Waals surface area contributed by atoms with E-state index in [9.17, 15) is 0 Å². The van der Waals surface area contributed by atoms with Gasteiger partial charge in [-0.15, -0.1) is 23.4 Å². The lowest BCUT2D eigenvalue weighted by molar-refractivity contribution is 0.679. The first kappa shape index (κ1) is 13.0. The van der Waals surface area contributed by atoms with Gasteiger partial charge in [-0.25, -0.2) is 0 Å². The maximum absolute atomic E-state index is 5.98. The monoisotopic (exact) mass is 267 g/mol. The van der Waals surface area contributed by atoms with Gasteiger partial charge >= 0.3 is 0 Å². The number of halogens is 1. The molecule has 17 heavy (non-hydrogen) atoms. The highest BCUT2D eigenvalue weighted by atomic mass is 35.5. The van der Waals surface area contributed by atoms with Gasteiger partial charge in [-0.2, -0.15) is 0 Å². The second-order valence-electron chi connectivity index (χ2n) is 4.21. The summed E-state index contributed by atoms with van der Waals surface area (Å²) in [6.07, 6.45) is 1.19. The number of hydrogen-bond acceptors (Lipinski definition) is 2. The van der Waals surface area contributed by atoms with Crippen LogP contribution in [0.15, 0.2) is 29.7 Å². The molecule has 92 valence electrons. The quantitative estimate of drug-likeness (QED) is 0.819. The third-order valence-corrected chi connectivity index (χ3v) is 4.50. The Morgan fingerprint density at radius 3 is 3.12 bits per heavy atom. The molecule has 1 aliphatic heterocycles. The summed E-state index contributed by atoms with van der Waals surface area (Å²) in [4.78, 5) is 1.41. The van der Waals surface area contributed by atoms with Gasteiger partial charge in [0.05, 0.1) is 0 Å². The third-order valence-electron chi connectivity index (χ3n) is 3.09. The minimum Gasteiger partial charge on any atom is -0.309 e. The first-order valence-electron chi connectivity index (χ1n) is 6.00. The van der Waals surface area contributed by atoms with Gasteiger partial charge in [0.15, 0.2) is 0 Å². The summed E-state index contributed by atoms with van der Waals surface area (Å²) in [6, 6.07) is 6.83. The van der Waals surface area contributed by atoms with Crippen molar-refractivity contribution in [3.8, 4) is 0 Å². The Morgan fingerprint density at radius 1 is 1.59 bits per heavy atom. The van der Waals surface area contributed by atoms with Crippen molar-refractivity contribution in [2.75, 3.05) is 18.2 Å². The Kier molecular flexibility index (Phi) is 4.55. The van der Waals surface area contributed by atoms with Crippen molar-refractivity contribution in [3.63, 3.8) is 0 Å². The number of fused-ring (bicyclic) bond motifs is 1. The Morgan fingerprint density at radius 2 is 2.41 bits per heavy atom. The highest BCUT2D eigenvalue weighted by molar-refractivity contribution is 7.99. The molecule has 2 rings (SSSR count). The lowest BCUT2D eigenvalue weighted by atomic mass is 9.99. The van der Waals surface area contributed by atoms with Crippen molar-refractivity contribution >= 4 is 28.9 Å². The number of rotatable bonds is 5. The van der Waals surface area contributed by atoms with Gasteiger partial charge in [0.25, 0.3) is 0 Å². The number of likely N-dealkylation sites (N-methyl/N-ethyl adjacent to an activating group) is 1. The van der Waals surface area contributed by atoms with Crippen LogP contribution in [0.1, 0.15) is 18.1 Å². The van der Waals surface area contributed by atoms with E-state index in [-0.39, 0.29) is 6.04 Å². The maximum atomic E-state index is 5.98. The van der Waals surface area contributed by atoms with Crippen molar-refractivity contribution in [1.29, 1.82) is 0 Å². The Balaban J connectivity index is 2.19. The van der Waals surface area contributed by atoms with Crippen LogP contribution in [0, 0.1) is 0 Å². The summed E-state index contributed by atoms with van der Waals surface area (Å²) in [5.41, 5.74) is 3.78. The zero-order valence-corrected chi connectivity index (χ0v) is 11.7. The molecule has 0 radical (unpaired) electrons. The fourth-order valence-electron chi connectivity index (χ4n) is 2.08. The molecule has 1 N–H and O–H groups in total. The highest BCUT2D eigenvalue weighted by Gasteiger charge is 2.16. The Bertz CT molecular complexity index is 417. The number of benzene rings is 1. The van der Waals surface area contributed by atoms with Crippen molar-refractivity contribution in [3.05, 3.63) is 35.9 Å². The van der Waals surface area contributed by atoms with Gasteiger partial charge in [0, 0.05) is 22.6 Å². The van der Waals surface area contributed by atoms with Crippen molar-refractivity contribution in [2.45, 2.75) is 24.3 Å². The maximum Gasteiger partial charge on any atom is 0.0457 e. The van der Waals surface area contributed by atoms with Crippen molar-refractivity contribution in [1.82, 2.24) is 5.32 Å². The molecule has 0 spiro atoms. The largest absolute Gasteiger partial charge is 0.309 e. The smallest absolute Gasteiger partial charge is 0.0457 e. The molecule has 1 aromatic carbocycles. The topological polar surface area (TPSA) is 12.0 Å². The minimum absolute atomic E-state index is 0.172. The van der Waals surface area contributed by atoms with Gasteiger partial charge in [0.2, 0.25) is 0 Å². The number of hydrogen-bond donors (Lipinski definition) is 1. The van der Waals surface area contributed by atoms with Crippen molar-refractivity contribution in [2.24, 2.45) is 0 Å². The van der Waals surface area contributed by atoms with E-state index in [0.717, 1.165) is 12.1 Å². The van der Waals surface area contributed by atoms with Crippen LogP contribution < -0.4 is 5.32 Å². The molecule has 0 saturated heterocycles. The zero-order valence-electron chi connectivity index (χ0n) is 10.1. The summed E-state index contributed by atoms with van der Waals surface area (Å²) in [5, 5.41) is 3.36. The van der Waals surface area contributed by atoms with Crippen LogP contribution >= 0.6 is 23.4 Å². The van der Waals surface area contributed by atoms with Crippen molar-refractivity contribution < 1.29 is 0 Å². The molecular formula is C14H18ClNS. The molecule has 0 aliphatic carbocycles. The molecule has 0 aromatic heterocycles. The number of aryl methyl sites for hydroxylation is 1. The highest BCUT2D eigenvalue weighted by Crippen LogP contribution is 2.33. The van der Waals surface area contributed by atoms with Gasteiger partial charge in [-0.05, 0) is 35.7 Å². The van der Waals surface area contributed by atoms with Gasteiger partial charge in [-0.1, -0.05) is 25.6 Å². The second kappa shape index (κ2) is 5.94. The fraction of sp³-hybridized carbons (Fsp3) is 0.429. The summed E-state index contributed by atoms with van der Waals surface area (Å²) in [7, 11) is 0. The molecule has 1 unspecified atom stereocenters. The summed E-state index contributed by atoms with van der Waals surface area (Å²) >= 11 is 7.92. The normalized spacial score (nSPS) is 15.6. The van der Waals surface area contributed by atoms with Crippen LogP contribution in [0.4, 0.5) is 0 Å². The van der Waals surface area contributed by atoms with E-state index in [2.05, 4.69) is 37.0 Å². The molecule has 1 atom stereocenters. The number of thioether (sulfide) groups is 1. The zero-order chi connectivity index (χ0) is 12.3. The van der Waals surface area contributed by atoms with Crippen LogP contribution in [0.3, 0.4) is 0 Å². The van der Waals surface area contributed by atoms with E-state index in [0.29, 0.717) is 5.88 Å². The van der Waals surface area contributed by atoms with Crippen LogP contribution in [0.2, 0.25) is 0 Å². The lowest BCUT2D eigenvalue weighted by Crippen LogP contribution is -2.31. The second-order valence-corrected chi connectivity index (χ2v) is 5.66. The predicted molar refractivity (Wildman–Crippen MR) is 78.1 cm³/mol. The fourth-order valence-corrected chi connectivity index (χ4v) is 3.49. The molecule has 1 heterocycles. The minimum atomic E-state index is 0.172. The first-order valence-corrected chi connectivity index (χ1v) is 7.52. The van der Waals surface area contributed by atoms with Gasteiger partial charge in [0.1, 0.15) is 0 Å². The molecule has 0 amide bonds. The molecule has 1 aromatic rings. The summed E-state index contributed by atoms with van der Waals surface area (Å²) in [5.74, 6) is 1.77. The number of nitrogens with one attached hydrogen (secondary N) is 1. The van der Waals surface area contributed by atoms with Gasteiger partial charge in [-0.3, -0.25) is 0 Å². The predicted octanol–water partition coefficient (Wildman–Crippen LogP) is 3.56. The third kappa shape index (κ3) is 2.87. The lowest BCUT2D eigenvalue weighted by Gasteiger charge is -2.18. The summed E-state index contributed by atoms with van der Waals surface area (Å²) < 4.78 is 0. The van der Waals surface area contributed by atoms with Crippen LogP contribution in [0.25, 0.3) is 5.57 Å². The van der Waals surface area contributed by atoms with Gasteiger partial charge < -0.3 is 5.32 Å². The molecule has 0 fully saturated rings. The van der Waals surface area contributed by atoms with Crippen LogP contribution in [-0.2, 0) is 6.42 Å². The van der Waals surface area contributed by atoms with Crippen LogP contribution in [-0.4, -0.2) is 24.2 Å². The number of alkyl halides is 1. The average Bonchev–Trinajstić information content (AvgIpc) is 2.82.